The van der Waals surface area contributed by atoms with Crippen molar-refractivity contribution >= 4 is 11.3 Å². The average molecular weight is 409 g/mol. The van der Waals surface area contributed by atoms with Gasteiger partial charge in [-0.25, -0.2) is 0 Å². The van der Waals surface area contributed by atoms with Crippen LogP contribution in [0.2, 0.25) is 0 Å². The highest BCUT2D eigenvalue weighted by Gasteiger charge is 2.32. The Balaban J connectivity index is 1.41. The molecule has 3 aromatic rings. The van der Waals surface area contributed by atoms with Gasteiger partial charge in [-0.2, -0.15) is 13.2 Å². The van der Waals surface area contributed by atoms with E-state index >= 15 is 0 Å². The van der Waals surface area contributed by atoms with Crippen LogP contribution in [0.4, 0.5) is 18.9 Å². The van der Waals surface area contributed by atoms with Crippen LogP contribution in [-0.4, -0.2) is 26.3 Å². The molecule has 3 heterocycles. The number of alkyl halides is 3. The molecule has 0 atom stereocenters. The fraction of sp³-hybridized carbons (Fsp3) is 0.227. The number of pyridine rings is 1. The number of anilines is 1. The highest BCUT2D eigenvalue weighted by Crippen LogP contribution is 2.38. The van der Waals surface area contributed by atoms with Crippen LogP contribution >= 0.6 is 0 Å². The molecule has 0 amide bonds. The summed E-state index contributed by atoms with van der Waals surface area (Å²) in [5.41, 5.74) is 2.31. The summed E-state index contributed by atoms with van der Waals surface area (Å²) in [6.45, 7) is 0.455. The van der Waals surface area contributed by atoms with E-state index in [1.807, 2.05) is 47.5 Å². The summed E-state index contributed by atoms with van der Waals surface area (Å²) in [6.07, 6.45) is 6.37. The van der Waals surface area contributed by atoms with Gasteiger partial charge in [0.1, 0.15) is 12.0 Å². The van der Waals surface area contributed by atoms with Crippen molar-refractivity contribution in [2.45, 2.75) is 25.1 Å². The monoisotopic (exact) mass is 409 g/mol. The lowest BCUT2D eigenvalue weighted by Gasteiger charge is -2.25. The van der Waals surface area contributed by atoms with E-state index in [4.69, 9.17) is 0 Å². The molecule has 1 saturated carbocycles. The van der Waals surface area contributed by atoms with Crippen LogP contribution in [0.1, 0.15) is 30.1 Å². The van der Waals surface area contributed by atoms with E-state index in [-0.39, 0.29) is 0 Å². The van der Waals surface area contributed by atoms with Gasteiger partial charge in [-0.05, 0) is 54.3 Å². The number of hydrogen-bond donors (Lipinski definition) is 0. The van der Waals surface area contributed by atoms with Gasteiger partial charge in [-0.15, -0.1) is 10.2 Å². The molecule has 152 valence electrons. The van der Waals surface area contributed by atoms with E-state index in [0.29, 0.717) is 18.2 Å². The fourth-order valence-corrected chi connectivity index (χ4v) is 3.60. The van der Waals surface area contributed by atoms with Gasteiger partial charge in [0.15, 0.2) is 5.82 Å². The number of rotatable bonds is 4. The fourth-order valence-electron chi connectivity index (χ4n) is 3.60. The van der Waals surface area contributed by atoms with Crippen LogP contribution in [-0.2, 0) is 6.18 Å². The highest BCUT2D eigenvalue weighted by atomic mass is 19.4. The van der Waals surface area contributed by atoms with Gasteiger partial charge < -0.3 is 9.47 Å². The summed E-state index contributed by atoms with van der Waals surface area (Å²) in [5.74, 6) is 0.833. The predicted octanol–water partition coefficient (Wildman–Crippen LogP) is 5.11. The van der Waals surface area contributed by atoms with Crippen molar-refractivity contribution in [2.75, 3.05) is 11.4 Å². The molecule has 30 heavy (non-hydrogen) atoms. The summed E-state index contributed by atoms with van der Waals surface area (Å²) in [4.78, 5) is 5.46. The molecular formula is C22H18F3N5. The minimum Gasteiger partial charge on any atom is -0.344 e. The summed E-state index contributed by atoms with van der Waals surface area (Å²) < 4.78 is 41.2. The molecule has 1 aliphatic carbocycles. The van der Waals surface area contributed by atoms with Gasteiger partial charge in [-0.3, -0.25) is 4.98 Å². The lowest BCUT2D eigenvalue weighted by atomic mass is 10.0. The Kier molecular flexibility index (Phi) is 4.42. The molecule has 1 aromatic carbocycles. The minimum absolute atomic E-state index is 0.455. The van der Waals surface area contributed by atoms with Gasteiger partial charge in [0.2, 0.25) is 0 Å². The first kappa shape index (κ1) is 18.6. The van der Waals surface area contributed by atoms with Crippen LogP contribution in [0.3, 0.4) is 0 Å². The first-order chi connectivity index (χ1) is 14.5. The Morgan fingerprint density at radius 1 is 1.03 bits per heavy atom. The molecule has 0 radical (unpaired) electrons. The molecule has 5 nitrogen and oxygen atoms in total. The number of allylic oxidation sites excluding steroid dienone is 2. The summed E-state index contributed by atoms with van der Waals surface area (Å²) in [7, 11) is 0. The van der Waals surface area contributed by atoms with E-state index in [0.717, 1.165) is 41.6 Å². The Morgan fingerprint density at radius 3 is 2.70 bits per heavy atom. The van der Waals surface area contributed by atoms with E-state index < -0.39 is 11.9 Å². The molecule has 2 aliphatic rings. The van der Waals surface area contributed by atoms with Gasteiger partial charge in [-0.1, -0.05) is 18.2 Å². The Labute approximate surface area is 171 Å². The second-order valence-electron chi connectivity index (χ2n) is 7.43. The second kappa shape index (κ2) is 7.12. The molecule has 8 heteroatoms. The van der Waals surface area contributed by atoms with Crippen molar-refractivity contribution in [1.29, 1.82) is 0 Å². The van der Waals surface area contributed by atoms with Crippen LogP contribution in [0.25, 0.3) is 17.0 Å². The quantitative estimate of drug-likeness (QED) is 0.601. The van der Waals surface area contributed by atoms with Crippen molar-refractivity contribution in [1.82, 2.24) is 19.7 Å². The zero-order valence-electron chi connectivity index (χ0n) is 15.9. The molecule has 2 aromatic heterocycles. The Morgan fingerprint density at radius 2 is 1.90 bits per heavy atom. The van der Waals surface area contributed by atoms with Crippen molar-refractivity contribution in [2.24, 2.45) is 0 Å². The molecule has 5 rings (SSSR count). The topological polar surface area (TPSA) is 46.8 Å². The minimum atomic E-state index is -4.47. The molecule has 0 bridgehead atoms. The largest absolute Gasteiger partial charge is 0.433 e. The molecule has 1 fully saturated rings. The average Bonchev–Trinajstić information content (AvgIpc) is 3.49. The second-order valence-corrected chi connectivity index (χ2v) is 7.43. The van der Waals surface area contributed by atoms with Crippen LogP contribution < -0.4 is 4.90 Å². The maximum absolute atomic E-state index is 13.0. The summed E-state index contributed by atoms with van der Waals surface area (Å²) in [5, 5.41) is 8.34. The van der Waals surface area contributed by atoms with E-state index in [2.05, 4.69) is 19.7 Å². The first-order valence-electron chi connectivity index (χ1n) is 9.66. The molecule has 0 spiro atoms. The maximum atomic E-state index is 13.0. The smallest absolute Gasteiger partial charge is 0.344 e. The van der Waals surface area contributed by atoms with Crippen LogP contribution in [0, 0.1) is 0 Å². The van der Waals surface area contributed by atoms with Crippen molar-refractivity contribution in [3.8, 4) is 11.4 Å². The molecular weight excluding hydrogens is 391 g/mol. The number of halogens is 3. The van der Waals surface area contributed by atoms with Gasteiger partial charge in [0.05, 0.1) is 0 Å². The van der Waals surface area contributed by atoms with Gasteiger partial charge in [0, 0.05) is 36.2 Å². The number of aromatic nitrogens is 4. The van der Waals surface area contributed by atoms with Crippen LogP contribution in [0.5, 0.6) is 0 Å². The number of hydrogen-bond acceptors (Lipinski definition) is 4. The van der Waals surface area contributed by atoms with E-state index in [1.165, 1.54) is 6.20 Å². The van der Waals surface area contributed by atoms with Crippen molar-refractivity contribution < 1.29 is 13.2 Å². The summed E-state index contributed by atoms with van der Waals surface area (Å²) in [6, 6.07) is 11.1. The standard InChI is InChI=1S/C22H18F3N5/c23-22(24,25)20-12-15(8-9-26-20)17-4-2-10-29(13-17)19-5-1-3-16(11-19)21-28-27-14-30(21)18-6-7-18/h1-5,8-12,14,18H,6-7,13H2. The van der Waals surface area contributed by atoms with Crippen molar-refractivity contribution in [3.05, 3.63) is 78.5 Å². The lowest BCUT2D eigenvalue weighted by molar-refractivity contribution is -0.141. The number of nitrogens with zero attached hydrogens (tertiary/aromatic N) is 5. The third-order valence-corrected chi connectivity index (χ3v) is 5.27. The van der Waals surface area contributed by atoms with Gasteiger partial charge in [0.25, 0.3) is 0 Å². The lowest BCUT2D eigenvalue weighted by Crippen LogP contribution is -2.21. The third-order valence-electron chi connectivity index (χ3n) is 5.27. The third kappa shape index (κ3) is 3.60. The van der Waals surface area contributed by atoms with Crippen LogP contribution in [0.15, 0.2) is 67.3 Å². The normalized spacial score (nSPS) is 16.6. The highest BCUT2D eigenvalue weighted by molar-refractivity contribution is 5.75. The number of benzene rings is 1. The maximum Gasteiger partial charge on any atom is 0.433 e. The first-order valence-corrected chi connectivity index (χ1v) is 9.66. The molecule has 0 unspecified atom stereocenters. The molecule has 0 N–H and O–H groups in total. The van der Waals surface area contributed by atoms with Crippen molar-refractivity contribution in [3.63, 3.8) is 0 Å². The van der Waals surface area contributed by atoms with Gasteiger partial charge >= 0.3 is 6.18 Å². The SMILES string of the molecule is FC(F)(F)c1cc(C2=CC=CN(c3cccc(-c4nncn4C4CC4)c3)C2)ccn1. The zero-order chi connectivity index (χ0) is 20.7. The predicted molar refractivity (Wildman–Crippen MR) is 107 cm³/mol. The zero-order valence-corrected chi connectivity index (χ0v) is 15.9. The van der Waals surface area contributed by atoms with E-state index in [9.17, 15) is 13.2 Å². The molecule has 0 saturated heterocycles. The molecule has 1 aliphatic heterocycles. The Hall–Kier alpha value is -3.42. The summed E-state index contributed by atoms with van der Waals surface area (Å²) >= 11 is 0. The Bertz CT molecular complexity index is 1140. The van der Waals surface area contributed by atoms with E-state index in [1.54, 1.807) is 12.4 Å².